The summed E-state index contributed by atoms with van der Waals surface area (Å²) in [7, 11) is 0. The van der Waals surface area contributed by atoms with Crippen molar-refractivity contribution in [3.05, 3.63) is 27.5 Å². The van der Waals surface area contributed by atoms with Crippen LogP contribution >= 0.6 is 12.2 Å². The minimum absolute atomic E-state index is 0.0517. The summed E-state index contributed by atoms with van der Waals surface area (Å²) in [5.74, 6) is -0.386. The van der Waals surface area contributed by atoms with Crippen LogP contribution in [0.2, 0.25) is 0 Å². The molecule has 1 saturated carbocycles. The van der Waals surface area contributed by atoms with Crippen molar-refractivity contribution in [1.29, 1.82) is 0 Å². The van der Waals surface area contributed by atoms with Gasteiger partial charge < -0.3 is 4.98 Å². The van der Waals surface area contributed by atoms with E-state index in [0.717, 1.165) is 31.4 Å². The molecule has 4 nitrogen and oxygen atoms in total. The number of nitrogens with one attached hydrogen (secondary N) is 1. The van der Waals surface area contributed by atoms with E-state index in [2.05, 4.69) is 4.98 Å². The number of rotatable bonds is 1. The highest BCUT2D eigenvalue weighted by Crippen LogP contribution is 2.31. The first-order chi connectivity index (χ1) is 9.09. The van der Waals surface area contributed by atoms with Crippen LogP contribution in [0.25, 0.3) is 0 Å². The molecule has 1 aliphatic heterocycles. The van der Waals surface area contributed by atoms with E-state index < -0.39 is 0 Å². The molecule has 19 heavy (non-hydrogen) atoms. The molecule has 1 aromatic heterocycles. The van der Waals surface area contributed by atoms with Crippen LogP contribution in [-0.4, -0.2) is 27.7 Å². The third-order valence-corrected chi connectivity index (χ3v) is 4.30. The molecule has 1 N–H and O–H groups in total. The van der Waals surface area contributed by atoms with E-state index in [0.29, 0.717) is 15.8 Å². The fourth-order valence-electron chi connectivity index (χ4n) is 3.08. The van der Waals surface area contributed by atoms with E-state index in [-0.39, 0.29) is 17.9 Å². The van der Waals surface area contributed by atoms with Crippen molar-refractivity contribution in [3.63, 3.8) is 0 Å². The largest absolute Gasteiger partial charge is 0.350 e. The van der Waals surface area contributed by atoms with Crippen molar-refractivity contribution in [3.8, 4) is 0 Å². The normalized spacial score (nSPS) is 19.9. The van der Waals surface area contributed by atoms with Crippen molar-refractivity contribution < 1.29 is 9.59 Å². The predicted molar refractivity (Wildman–Crippen MR) is 73.7 cm³/mol. The van der Waals surface area contributed by atoms with Gasteiger partial charge in [-0.05, 0) is 25.8 Å². The number of carbonyl (C=O) groups is 2. The number of imide groups is 1. The van der Waals surface area contributed by atoms with E-state index in [1.165, 1.54) is 11.3 Å². The molecule has 0 bridgehead atoms. The lowest BCUT2D eigenvalue weighted by Crippen LogP contribution is -2.40. The van der Waals surface area contributed by atoms with Gasteiger partial charge in [0.25, 0.3) is 11.8 Å². The number of fused-ring (bicyclic) bond motifs is 1. The first-order valence-electron chi connectivity index (χ1n) is 6.71. The molecule has 100 valence electrons. The second-order valence-electron chi connectivity index (χ2n) is 5.34. The van der Waals surface area contributed by atoms with Crippen molar-refractivity contribution in [2.45, 2.75) is 45.1 Å². The second-order valence-corrected chi connectivity index (χ2v) is 5.75. The Balaban J connectivity index is 2.04. The maximum atomic E-state index is 12.5. The molecular formula is C14H16N2O2S. The highest BCUT2D eigenvalue weighted by Gasteiger charge is 2.41. The van der Waals surface area contributed by atoms with Crippen LogP contribution in [-0.2, 0) is 0 Å². The SMILES string of the molecule is Cc1cc2c(c(=S)[nH]1)C(=O)N(C1CCCCC1)C2=O. The molecule has 2 amide bonds. The Morgan fingerprint density at radius 1 is 1.21 bits per heavy atom. The van der Waals surface area contributed by atoms with Gasteiger partial charge in [0, 0.05) is 11.7 Å². The lowest BCUT2D eigenvalue weighted by Gasteiger charge is -2.29. The van der Waals surface area contributed by atoms with Gasteiger partial charge >= 0.3 is 0 Å². The number of hydrogen-bond acceptors (Lipinski definition) is 3. The number of carbonyl (C=O) groups excluding carboxylic acids is 2. The van der Waals surface area contributed by atoms with Crippen LogP contribution < -0.4 is 0 Å². The minimum atomic E-state index is -0.215. The van der Waals surface area contributed by atoms with Crippen molar-refractivity contribution in [2.24, 2.45) is 0 Å². The van der Waals surface area contributed by atoms with E-state index >= 15 is 0 Å². The molecule has 0 atom stereocenters. The quantitative estimate of drug-likeness (QED) is 0.633. The molecule has 0 saturated heterocycles. The van der Waals surface area contributed by atoms with Gasteiger partial charge in [-0.15, -0.1) is 0 Å². The van der Waals surface area contributed by atoms with Gasteiger partial charge in [0.2, 0.25) is 0 Å². The molecule has 2 aliphatic rings. The minimum Gasteiger partial charge on any atom is -0.350 e. The number of amides is 2. The molecular weight excluding hydrogens is 260 g/mol. The highest BCUT2D eigenvalue weighted by atomic mass is 32.1. The van der Waals surface area contributed by atoms with Gasteiger partial charge in [-0.25, -0.2) is 0 Å². The van der Waals surface area contributed by atoms with E-state index in [4.69, 9.17) is 12.2 Å². The number of aromatic amines is 1. The molecule has 3 rings (SSSR count). The first-order valence-corrected chi connectivity index (χ1v) is 7.12. The molecule has 0 radical (unpaired) electrons. The average molecular weight is 276 g/mol. The van der Waals surface area contributed by atoms with Gasteiger partial charge in [-0.3, -0.25) is 14.5 Å². The van der Waals surface area contributed by atoms with Crippen LogP contribution in [0.15, 0.2) is 6.07 Å². The Bertz CT molecular complexity index is 614. The summed E-state index contributed by atoms with van der Waals surface area (Å²) < 4.78 is 0.381. The van der Waals surface area contributed by atoms with Gasteiger partial charge in [0.15, 0.2) is 0 Å². The third kappa shape index (κ3) is 1.92. The summed E-state index contributed by atoms with van der Waals surface area (Å²) in [4.78, 5) is 29.3. The Hall–Kier alpha value is -1.49. The molecule has 1 aliphatic carbocycles. The monoisotopic (exact) mass is 276 g/mol. The van der Waals surface area contributed by atoms with Crippen LogP contribution in [0, 0.1) is 11.6 Å². The second kappa shape index (κ2) is 4.56. The highest BCUT2D eigenvalue weighted by molar-refractivity contribution is 7.71. The maximum absolute atomic E-state index is 12.5. The average Bonchev–Trinajstić information content (AvgIpc) is 2.62. The molecule has 0 aromatic carbocycles. The third-order valence-electron chi connectivity index (χ3n) is 3.99. The fraction of sp³-hybridized carbons (Fsp3) is 0.500. The smallest absolute Gasteiger partial charge is 0.264 e. The lowest BCUT2D eigenvalue weighted by atomic mass is 9.94. The number of pyridine rings is 1. The molecule has 1 aromatic rings. The summed E-state index contributed by atoms with van der Waals surface area (Å²) in [6.45, 7) is 1.84. The summed E-state index contributed by atoms with van der Waals surface area (Å²) in [5.41, 5.74) is 1.67. The summed E-state index contributed by atoms with van der Waals surface area (Å²) in [6, 6.07) is 1.78. The van der Waals surface area contributed by atoms with E-state index in [1.54, 1.807) is 6.07 Å². The number of hydrogen-bond donors (Lipinski definition) is 1. The Morgan fingerprint density at radius 3 is 2.58 bits per heavy atom. The zero-order valence-corrected chi connectivity index (χ0v) is 11.7. The van der Waals surface area contributed by atoms with Crippen LogP contribution in [0.5, 0.6) is 0 Å². The summed E-state index contributed by atoms with van der Waals surface area (Å²) in [5, 5.41) is 0. The molecule has 5 heteroatoms. The van der Waals surface area contributed by atoms with Crippen LogP contribution in [0.3, 0.4) is 0 Å². The Kier molecular flexibility index (Phi) is 3.01. The Labute approximate surface area is 116 Å². The summed E-state index contributed by atoms with van der Waals surface area (Å²) in [6.07, 6.45) is 5.20. The molecule has 0 spiro atoms. The van der Waals surface area contributed by atoms with Gasteiger partial charge in [-0.2, -0.15) is 0 Å². The zero-order valence-electron chi connectivity index (χ0n) is 10.9. The lowest BCUT2D eigenvalue weighted by molar-refractivity contribution is 0.0548. The van der Waals surface area contributed by atoms with E-state index in [9.17, 15) is 9.59 Å². The summed E-state index contributed by atoms with van der Waals surface area (Å²) >= 11 is 5.20. The van der Waals surface area contributed by atoms with E-state index in [1.807, 2.05) is 6.92 Å². The van der Waals surface area contributed by atoms with Crippen LogP contribution in [0.1, 0.15) is 58.5 Å². The zero-order chi connectivity index (χ0) is 13.6. The molecule has 1 fully saturated rings. The van der Waals surface area contributed by atoms with Crippen LogP contribution in [0.4, 0.5) is 0 Å². The molecule has 2 heterocycles. The van der Waals surface area contributed by atoms with Crippen molar-refractivity contribution in [1.82, 2.24) is 9.88 Å². The van der Waals surface area contributed by atoms with Gasteiger partial charge in [0.1, 0.15) is 4.64 Å². The number of aryl methyl sites for hydroxylation is 1. The topological polar surface area (TPSA) is 53.2 Å². The van der Waals surface area contributed by atoms with Crippen molar-refractivity contribution in [2.75, 3.05) is 0 Å². The predicted octanol–water partition coefficient (Wildman–Crippen LogP) is 2.98. The number of aromatic nitrogens is 1. The number of H-pyrrole nitrogens is 1. The Morgan fingerprint density at radius 2 is 1.89 bits per heavy atom. The van der Waals surface area contributed by atoms with Gasteiger partial charge in [-0.1, -0.05) is 31.5 Å². The van der Waals surface area contributed by atoms with Crippen molar-refractivity contribution >= 4 is 24.0 Å². The molecule has 0 unspecified atom stereocenters. The first kappa shape index (κ1) is 12.5. The standard InChI is InChI=1S/C14H16N2O2S/c1-8-7-10-11(12(19)15-8)14(18)16(13(10)17)9-5-3-2-4-6-9/h7,9H,2-6H2,1H3,(H,15,19). The van der Waals surface area contributed by atoms with Gasteiger partial charge in [0.05, 0.1) is 11.1 Å². The maximum Gasteiger partial charge on any atom is 0.264 e. The fourth-order valence-corrected chi connectivity index (χ4v) is 3.44. The number of nitrogens with zero attached hydrogens (tertiary/aromatic N) is 1.